The minimum absolute atomic E-state index is 0.0516. The van der Waals surface area contributed by atoms with Gasteiger partial charge in [0.15, 0.2) is 5.69 Å². The molecule has 2 aliphatic rings. The van der Waals surface area contributed by atoms with Crippen LogP contribution < -0.4 is 5.32 Å². The molecule has 4 heterocycles. The molecule has 9 nitrogen and oxygen atoms in total. The summed E-state index contributed by atoms with van der Waals surface area (Å²) < 4.78 is 7.11. The number of morpholine rings is 1. The fraction of sp³-hybridized carbons (Fsp3) is 0.583. The first-order chi connectivity index (χ1) is 16.3. The van der Waals surface area contributed by atoms with E-state index in [1.807, 2.05) is 24.6 Å². The van der Waals surface area contributed by atoms with Crippen molar-refractivity contribution >= 4 is 29.1 Å². The Bertz CT molecular complexity index is 1030. The van der Waals surface area contributed by atoms with Gasteiger partial charge in [0, 0.05) is 68.6 Å². The molecule has 3 amide bonds. The molecular weight excluding hydrogens is 454 g/mol. The van der Waals surface area contributed by atoms with E-state index in [2.05, 4.69) is 24.3 Å². The summed E-state index contributed by atoms with van der Waals surface area (Å²) in [5, 5.41) is 9.58. The van der Waals surface area contributed by atoms with Crippen molar-refractivity contribution in [3.63, 3.8) is 0 Å². The van der Waals surface area contributed by atoms with Gasteiger partial charge in [-0.1, -0.05) is 19.9 Å². The number of ether oxygens (including phenoxy) is 1. The zero-order chi connectivity index (χ0) is 24.2. The Balaban J connectivity index is 1.36. The SMILES string of the molecule is CC(C)[C@H](NC(=O)CCC(=O)N1CCc2c(c(C(=O)N3CCOCC3)nn2C)C1)c1cccs1. The fourth-order valence-electron chi connectivity index (χ4n) is 4.55. The Morgan fingerprint density at radius 3 is 2.59 bits per heavy atom. The third-order valence-corrected chi connectivity index (χ3v) is 7.45. The maximum Gasteiger partial charge on any atom is 0.274 e. The van der Waals surface area contributed by atoms with Crippen LogP contribution in [0.3, 0.4) is 0 Å². The highest BCUT2D eigenvalue weighted by Gasteiger charge is 2.32. The van der Waals surface area contributed by atoms with Crippen LogP contribution in [-0.2, 0) is 34.3 Å². The lowest BCUT2D eigenvalue weighted by atomic mass is 10.0. The average molecular weight is 488 g/mol. The molecule has 2 aliphatic heterocycles. The fourth-order valence-corrected chi connectivity index (χ4v) is 5.50. The van der Waals surface area contributed by atoms with Gasteiger partial charge in [0.2, 0.25) is 11.8 Å². The second kappa shape index (κ2) is 10.7. The van der Waals surface area contributed by atoms with Crippen LogP contribution in [0.5, 0.6) is 0 Å². The predicted octanol–water partition coefficient (Wildman–Crippen LogP) is 2.13. The van der Waals surface area contributed by atoms with Gasteiger partial charge in [-0.15, -0.1) is 11.3 Å². The van der Waals surface area contributed by atoms with Crippen molar-refractivity contribution in [1.29, 1.82) is 0 Å². The first-order valence-electron chi connectivity index (χ1n) is 11.9. The van der Waals surface area contributed by atoms with Gasteiger partial charge in [-0.25, -0.2) is 0 Å². The molecule has 0 saturated carbocycles. The van der Waals surface area contributed by atoms with Crippen molar-refractivity contribution in [3.05, 3.63) is 39.3 Å². The monoisotopic (exact) mass is 487 g/mol. The minimum Gasteiger partial charge on any atom is -0.378 e. The van der Waals surface area contributed by atoms with Crippen LogP contribution in [0.15, 0.2) is 17.5 Å². The first-order valence-corrected chi connectivity index (χ1v) is 12.8. The molecule has 1 saturated heterocycles. The summed E-state index contributed by atoms with van der Waals surface area (Å²) >= 11 is 1.62. The van der Waals surface area contributed by atoms with E-state index < -0.39 is 0 Å². The summed E-state index contributed by atoms with van der Waals surface area (Å²) in [5.41, 5.74) is 2.24. The van der Waals surface area contributed by atoms with E-state index in [1.165, 1.54) is 0 Å². The number of nitrogens with one attached hydrogen (secondary N) is 1. The summed E-state index contributed by atoms with van der Waals surface area (Å²) in [6, 6.07) is 3.95. The Morgan fingerprint density at radius 2 is 1.91 bits per heavy atom. The minimum atomic E-state index is -0.122. The van der Waals surface area contributed by atoms with E-state index in [1.54, 1.807) is 25.8 Å². The summed E-state index contributed by atoms with van der Waals surface area (Å²) in [7, 11) is 1.84. The molecule has 34 heavy (non-hydrogen) atoms. The summed E-state index contributed by atoms with van der Waals surface area (Å²) in [6.07, 6.45) is 0.924. The maximum absolute atomic E-state index is 13.1. The Morgan fingerprint density at radius 1 is 1.15 bits per heavy atom. The van der Waals surface area contributed by atoms with Gasteiger partial charge in [0.1, 0.15) is 0 Å². The van der Waals surface area contributed by atoms with Crippen LogP contribution in [0, 0.1) is 5.92 Å². The number of hydrogen-bond acceptors (Lipinski definition) is 6. The van der Waals surface area contributed by atoms with Gasteiger partial charge in [0.05, 0.1) is 19.3 Å². The number of aromatic nitrogens is 2. The van der Waals surface area contributed by atoms with Gasteiger partial charge in [-0.2, -0.15) is 5.10 Å². The quantitative estimate of drug-likeness (QED) is 0.645. The molecule has 1 atom stereocenters. The molecule has 0 radical (unpaired) electrons. The van der Waals surface area contributed by atoms with Gasteiger partial charge in [-0.05, 0) is 17.4 Å². The van der Waals surface area contributed by atoms with Crippen molar-refractivity contribution in [2.24, 2.45) is 13.0 Å². The zero-order valence-corrected chi connectivity index (χ0v) is 20.9. The molecule has 2 aromatic heterocycles. The van der Waals surface area contributed by atoms with Crippen molar-refractivity contribution in [1.82, 2.24) is 24.9 Å². The lowest BCUT2D eigenvalue weighted by Crippen LogP contribution is -2.42. The molecule has 0 aliphatic carbocycles. The normalized spacial score (nSPS) is 16.9. The number of hydrogen-bond donors (Lipinski definition) is 1. The largest absolute Gasteiger partial charge is 0.378 e. The van der Waals surface area contributed by atoms with E-state index in [9.17, 15) is 14.4 Å². The average Bonchev–Trinajstić information content (AvgIpc) is 3.49. The molecule has 4 rings (SSSR count). The highest BCUT2D eigenvalue weighted by Crippen LogP contribution is 2.27. The van der Waals surface area contributed by atoms with Crippen LogP contribution in [0.4, 0.5) is 0 Å². The van der Waals surface area contributed by atoms with E-state index in [-0.39, 0.29) is 42.5 Å². The van der Waals surface area contributed by atoms with Crippen molar-refractivity contribution in [2.75, 3.05) is 32.8 Å². The number of thiophene rings is 1. The molecule has 0 unspecified atom stereocenters. The smallest absolute Gasteiger partial charge is 0.274 e. The highest BCUT2D eigenvalue weighted by molar-refractivity contribution is 7.10. The van der Waals surface area contributed by atoms with Gasteiger partial charge >= 0.3 is 0 Å². The Labute approximate surface area is 204 Å². The molecule has 184 valence electrons. The molecular formula is C24H33N5O4S. The standard InChI is InChI=1S/C24H33N5O4S/c1-16(2)22(19-5-4-14-34-19)25-20(30)6-7-21(31)29-9-8-18-17(15-29)23(26-27(18)3)24(32)28-10-12-33-13-11-28/h4-5,14,16,22H,6-13,15H2,1-3H3,(H,25,30)/t22-/m0/s1. The number of aryl methyl sites for hydroxylation is 1. The van der Waals surface area contributed by atoms with Crippen LogP contribution in [-0.4, -0.2) is 70.1 Å². The van der Waals surface area contributed by atoms with Crippen LogP contribution in [0.25, 0.3) is 0 Å². The Kier molecular flexibility index (Phi) is 7.67. The molecule has 10 heteroatoms. The number of carbonyl (C=O) groups excluding carboxylic acids is 3. The van der Waals surface area contributed by atoms with E-state index >= 15 is 0 Å². The summed E-state index contributed by atoms with van der Waals surface area (Å²) in [4.78, 5) is 43.3. The number of fused-ring (bicyclic) bond motifs is 1. The topological polar surface area (TPSA) is 96.8 Å². The third-order valence-electron chi connectivity index (χ3n) is 6.49. The third kappa shape index (κ3) is 5.33. The van der Waals surface area contributed by atoms with E-state index in [0.29, 0.717) is 51.5 Å². The summed E-state index contributed by atoms with van der Waals surface area (Å²) in [5.74, 6) is -0.0525. The lowest BCUT2D eigenvalue weighted by molar-refractivity contribution is -0.134. The number of carbonyl (C=O) groups is 3. The van der Waals surface area contributed by atoms with E-state index in [4.69, 9.17) is 4.74 Å². The predicted molar refractivity (Wildman–Crippen MR) is 128 cm³/mol. The second-order valence-electron chi connectivity index (χ2n) is 9.17. The highest BCUT2D eigenvalue weighted by atomic mass is 32.1. The van der Waals surface area contributed by atoms with Crippen LogP contribution >= 0.6 is 11.3 Å². The van der Waals surface area contributed by atoms with Gasteiger partial charge in [-0.3, -0.25) is 19.1 Å². The summed E-state index contributed by atoms with van der Waals surface area (Å²) in [6.45, 7) is 7.20. The zero-order valence-electron chi connectivity index (χ0n) is 20.1. The lowest BCUT2D eigenvalue weighted by Gasteiger charge is -2.29. The van der Waals surface area contributed by atoms with E-state index in [0.717, 1.165) is 16.1 Å². The van der Waals surface area contributed by atoms with Gasteiger partial charge in [0.25, 0.3) is 5.91 Å². The molecule has 0 bridgehead atoms. The van der Waals surface area contributed by atoms with Gasteiger partial charge < -0.3 is 19.9 Å². The number of rotatable bonds is 7. The Hall–Kier alpha value is -2.72. The van der Waals surface area contributed by atoms with Crippen molar-refractivity contribution in [2.45, 2.75) is 45.7 Å². The molecule has 2 aromatic rings. The second-order valence-corrected chi connectivity index (χ2v) is 10.2. The molecule has 1 fully saturated rings. The number of nitrogens with zero attached hydrogens (tertiary/aromatic N) is 4. The van der Waals surface area contributed by atoms with Crippen molar-refractivity contribution in [3.8, 4) is 0 Å². The molecule has 0 aromatic carbocycles. The molecule has 0 spiro atoms. The maximum atomic E-state index is 13.1. The van der Waals surface area contributed by atoms with Crippen LogP contribution in [0.2, 0.25) is 0 Å². The number of amides is 3. The molecule has 1 N–H and O–H groups in total. The van der Waals surface area contributed by atoms with Crippen molar-refractivity contribution < 1.29 is 19.1 Å². The van der Waals surface area contributed by atoms with Crippen LogP contribution in [0.1, 0.15) is 59.4 Å². The first kappa shape index (κ1) is 24.4.